The summed E-state index contributed by atoms with van der Waals surface area (Å²) in [4.78, 5) is 2.03. The van der Waals surface area contributed by atoms with Crippen LogP contribution in [0, 0.1) is 0 Å². The number of benzene rings is 1. The van der Waals surface area contributed by atoms with Crippen LogP contribution in [0.3, 0.4) is 0 Å². The lowest BCUT2D eigenvalue weighted by Crippen LogP contribution is -2.12. The molecule has 0 aliphatic carbocycles. The van der Waals surface area contributed by atoms with Crippen molar-refractivity contribution in [1.82, 2.24) is 4.57 Å². The molecule has 2 aromatic rings. The van der Waals surface area contributed by atoms with E-state index >= 15 is 0 Å². The lowest BCUT2D eigenvalue weighted by atomic mass is 10.2. The van der Waals surface area contributed by atoms with E-state index < -0.39 is 0 Å². The molecule has 1 N–H and O–H groups in total. The molecule has 4 heteroatoms. The van der Waals surface area contributed by atoms with E-state index in [1.807, 2.05) is 31.1 Å². The van der Waals surface area contributed by atoms with E-state index in [0.29, 0.717) is 0 Å². The highest BCUT2D eigenvalue weighted by atomic mass is 35.5. The van der Waals surface area contributed by atoms with Crippen LogP contribution in [0.4, 0.5) is 11.4 Å². The molecule has 0 fully saturated rings. The van der Waals surface area contributed by atoms with Crippen LogP contribution in [-0.4, -0.2) is 18.7 Å². The second kappa shape index (κ2) is 6.71. The number of para-hydroxylation sites is 1. The molecule has 0 aliphatic heterocycles. The Labute approximate surface area is 126 Å². The molecule has 1 aromatic carbocycles. The maximum Gasteiger partial charge on any atom is 0.0786 e. The summed E-state index contributed by atoms with van der Waals surface area (Å²) in [7, 11) is 4.01. The van der Waals surface area contributed by atoms with Gasteiger partial charge in [0.2, 0.25) is 0 Å². The number of aryl methyl sites for hydroxylation is 1. The molecule has 0 unspecified atom stereocenters. The van der Waals surface area contributed by atoms with Crippen molar-refractivity contribution in [2.45, 2.75) is 26.4 Å². The first-order valence-electron chi connectivity index (χ1n) is 6.96. The summed E-state index contributed by atoms with van der Waals surface area (Å²) < 4.78 is 2.22. The van der Waals surface area contributed by atoms with Crippen molar-refractivity contribution in [2.24, 2.45) is 0 Å². The van der Waals surface area contributed by atoms with Gasteiger partial charge in [0.25, 0.3) is 0 Å². The molecule has 1 aromatic heterocycles. The van der Waals surface area contributed by atoms with Gasteiger partial charge in [0.05, 0.1) is 16.4 Å². The normalized spacial score (nSPS) is 10.6. The first kappa shape index (κ1) is 14.8. The first-order valence-corrected chi connectivity index (χ1v) is 7.34. The highest BCUT2D eigenvalue weighted by Gasteiger charge is 2.08. The van der Waals surface area contributed by atoms with Crippen molar-refractivity contribution >= 4 is 23.0 Å². The van der Waals surface area contributed by atoms with Crippen LogP contribution in [0.2, 0.25) is 5.02 Å². The summed E-state index contributed by atoms with van der Waals surface area (Å²) in [6.07, 6.45) is 5.47. The molecule has 0 saturated heterocycles. The van der Waals surface area contributed by atoms with Crippen LogP contribution in [0.25, 0.3) is 0 Å². The number of anilines is 2. The Bertz CT molecular complexity index is 561. The second-order valence-corrected chi connectivity index (χ2v) is 5.55. The van der Waals surface area contributed by atoms with Crippen LogP contribution in [0.15, 0.2) is 36.7 Å². The van der Waals surface area contributed by atoms with Crippen LogP contribution >= 0.6 is 11.6 Å². The third kappa shape index (κ3) is 3.48. The van der Waals surface area contributed by atoms with Crippen LogP contribution in [0.5, 0.6) is 0 Å². The minimum absolute atomic E-state index is 0.767. The number of halogens is 1. The first-order chi connectivity index (χ1) is 9.61. The second-order valence-electron chi connectivity index (χ2n) is 5.14. The Kier molecular flexibility index (Phi) is 4.96. The number of hydrogen-bond donors (Lipinski definition) is 1. The summed E-state index contributed by atoms with van der Waals surface area (Å²) >= 11 is 6.27. The minimum Gasteiger partial charge on any atom is -0.379 e. The van der Waals surface area contributed by atoms with E-state index in [1.54, 1.807) is 0 Å². The van der Waals surface area contributed by atoms with Crippen LogP contribution in [-0.2, 0) is 13.1 Å². The summed E-state index contributed by atoms with van der Waals surface area (Å²) in [5, 5.41) is 4.23. The van der Waals surface area contributed by atoms with Crippen molar-refractivity contribution in [1.29, 1.82) is 0 Å². The van der Waals surface area contributed by atoms with Gasteiger partial charge in [0, 0.05) is 39.6 Å². The van der Waals surface area contributed by atoms with Gasteiger partial charge in [-0.1, -0.05) is 24.6 Å². The van der Waals surface area contributed by atoms with Crippen molar-refractivity contribution in [3.63, 3.8) is 0 Å². The topological polar surface area (TPSA) is 20.2 Å². The molecule has 108 valence electrons. The molecule has 20 heavy (non-hydrogen) atoms. The Morgan fingerprint density at radius 3 is 2.75 bits per heavy atom. The highest BCUT2D eigenvalue weighted by molar-refractivity contribution is 6.34. The molecule has 1 heterocycles. The Hall–Kier alpha value is -1.61. The van der Waals surface area contributed by atoms with Crippen LogP contribution in [0.1, 0.15) is 18.9 Å². The molecule has 3 nitrogen and oxygen atoms in total. The van der Waals surface area contributed by atoms with E-state index in [2.05, 4.69) is 41.3 Å². The molecule has 0 saturated carbocycles. The van der Waals surface area contributed by atoms with Gasteiger partial charge in [-0.25, -0.2) is 0 Å². The largest absolute Gasteiger partial charge is 0.379 e. The van der Waals surface area contributed by atoms with Gasteiger partial charge in [0.1, 0.15) is 0 Å². The van der Waals surface area contributed by atoms with E-state index in [4.69, 9.17) is 11.6 Å². The lowest BCUT2D eigenvalue weighted by molar-refractivity contribution is 0.682. The average molecular weight is 292 g/mol. The maximum atomic E-state index is 6.27. The van der Waals surface area contributed by atoms with E-state index in [9.17, 15) is 0 Å². The fourth-order valence-corrected chi connectivity index (χ4v) is 2.65. The predicted octanol–water partition coefficient (Wildman–Crippen LogP) is 4.23. The van der Waals surface area contributed by atoms with E-state index in [-0.39, 0.29) is 0 Å². The zero-order chi connectivity index (χ0) is 14.5. The molecule has 0 radical (unpaired) electrons. The zero-order valence-corrected chi connectivity index (χ0v) is 13.1. The van der Waals surface area contributed by atoms with Gasteiger partial charge >= 0.3 is 0 Å². The van der Waals surface area contributed by atoms with Crippen molar-refractivity contribution in [3.05, 3.63) is 47.2 Å². The van der Waals surface area contributed by atoms with Crippen molar-refractivity contribution < 1.29 is 0 Å². The smallest absolute Gasteiger partial charge is 0.0786 e. The fraction of sp³-hybridized carbons (Fsp3) is 0.375. The molecule has 0 amide bonds. The summed E-state index contributed by atoms with van der Waals surface area (Å²) in [5.41, 5.74) is 3.37. The standard InChI is InChI=1S/C16H22ClN3/c1-4-9-20-10-8-13(12-20)11-18-15-7-5-6-14(17)16(15)19(2)3/h5-8,10,12,18H,4,9,11H2,1-3H3. The monoisotopic (exact) mass is 291 g/mol. The number of nitrogens with zero attached hydrogens (tertiary/aromatic N) is 2. The van der Waals surface area contributed by atoms with Gasteiger partial charge < -0.3 is 14.8 Å². The molecule has 0 atom stereocenters. The third-order valence-electron chi connectivity index (χ3n) is 3.21. The van der Waals surface area contributed by atoms with E-state index in [0.717, 1.165) is 35.9 Å². The van der Waals surface area contributed by atoms with Crippen molar-refractivity contribution in [3.8, 4) is 0 Å². The number of hydrogen-bond acceptors (Lipinski definition) is 2. The Morgan fingerprint density at radius 1 is 1.25 bits per heavy atom. The Morgan fingerprint density at radius 2 is 2.05 bits per heavy atom. The third-order valence-corrected chi connectivity index (χ3v) is 3.52. The van der Waals surface area contributed by atoms with Gasteiger partial charge in [-0.3, -0.25) is 0 Å². The summed E-state index contributed by atoms with van der Waals surface area (Å²) in [6.45, 7) is 4.06. The summed E-state index contributed by atoms with van der Waals surface area (Å²) in [6, 6.07) is 8.10. The van der Waals surface area contributed by atoms with Gasteiger partial charge in [-0.15, -0.1) is 0 Å². The van der Waals surface area contributed by atoms with Crippen molar-refractivity contribution in [2.75, 3.05) is 24.3 Å². The van der Waals surface area contributed by atoms with Gasteiger partial charge in [-0.05, 0) is 30.2 Å². The molecule has 0 bridgehead atoms. The lowest BCUT2D eigenvalue weighted by Gasteiger charge is -2.19. The van der Waals surface area contributed by atoms with Gasteiger partial charge in [-0.2, -0.15) is 0 Å². The van der Waals surface area contributed by atoms with Crippen LogP contribution < -0.4 is 10.2 Å². The molecular weight excluding hydrogens is 270 g/mol. The molecule has 0 spiro atoms. The minimum atomic E-state index is 0.767. The average Bonchev–Trinajstić information content (AvgIpc) is 2.84. The maximum absolute atomic E-state index is 6.27. The van der Waals surface area contributed by atoms with Gasteiger partial charge in [0.15, 0.2) is 0 Å². The number of nitrogens with one attached hydrogen (secondary N) is 1. The predicted molar refractivity (Wildman–Crippen MR) is 87.8 cm³/mol. The molecule has 0 aliphatic rings. The fourth-order valence-electron chi connectivity index (χ4n) is 2.30. The number of rotatable bonds is 6. The molecule has 2 rings (SSSR count). The summed E-state index contributed by atoms with van der Waals surface area (Å²) in [5.74, 6) is 0. The number of aromatic nitrogens is 1. The zero-order valence-electron chi connectivity index (χ0n) is 12.4. The Balaban J connectivity index is 2.08. The quantitative estimate of drug-likeness (QED) is 0.859. The highest BCUT2D eigenvalue weighted by Crippen LogP contribution is 2.32. The SMILES string of the molecule is CCCn1ccc(CNc2cccc(Cl)c2N(C)C)c1. The van der Waals surface area contributed by atoms with E-state index in [1.165, 1.54) is 5.56 Å². The molecular formula is C16H22ClN3.